The van der Waals surface area contributed by atoms with Crippen molar-refractivity contribution in [1.29, 1.82) is 0 Å². The Bertz CT molecular complexity index is 2020. The van der Waals surface area contributed by atoms with Crippen LogP contribution in [0.4, 0.5) is 0 Å². The summed E-state index contributed by atoms with van der Waals surface area (Å²) in [5.41, 5.74) is 7.19. The molecule has 7 aromatic rings. The van der Waals surface area contributed by atoms with Gasteiger partial charge in [0.2, 0.25) is 0 Å². The van der Waals surface area contributed by atoms with E-state index in [-0.39, 0.29) is 5.41 Å². The van der Waals surface area contributed by atoms with Gasteiger partial charge < -0.3 is 4.42 Å². The van der Waals surface area contributed by atoms with Gasteiger partial charge in [-0.15, -0.1) is 0 Å². The molecule has 2 heteroatoms. The first kappa shape index (κ1) is 23.3. The van der Waals surface area contributed by atoms with Gasteiger partial charge in [-0.05, 0) is 96.6 Å². The minimum absolute atomic E-state index is 0.0777. The van der Waals surface area contributed by atoms with E-state index in [1.54, 1.807) is 6.26 Å². The lowest BCUT2D eigenvalue weighted by Crippen LogP contribution is -2.10. The van der Waals surface area contributed by atoms with Crippen LogP contribution in [-0.2, 0) is 5.41 Å². The van der Waals surface area contributed by atoms with Gasteiger partial charge in [-0.3, -0.25) is 0 Å². The lowest BCUT2D eigenvalue weighted by Gasteiger charge is -2.21. The molecule has 7 rings (SSSR count). The maximum absolute atomic E-state index is 5.57. The van der Waals surface area contributed by atoms with Crippen LogP contribution >= 0.6 is 15.9 Å². The highest BCUT2D eigenvalue weighted by Crippen LogP contribution is 2.44. The van der Waals surface area contributed by atoms with Gasteiger partial charge in [0.15, 0.2) is 0 Å². The van der Waals surface area contributed by atoms with Crippen molar-refractivity contribution in [2.24, 2.45) is 0 Å². The Kier molecular flexibility index (Phi) is 5.25. The van der Waals surface area contributed by atoms with Crippen molar-refractivity contribution in [3.05, 3.63) is 119 Å². The Morgan fingerprint density at radius 1 is 0.579 bits per heavy atom. The largest absolute Gasteiger partial charge is 0.464 e. The Morgan fingerprint density at radius 3 is 2.26 bits per heavy atom. The molecular formula is C36H27BrO. The Balaban J connectivity index is 1.57. The fourth-order valence-corrected chi connectivity index (χ4v) is 6.37. The number of furan rings is 1. The summed E-state index contributed by atoms with van der Waals surface area (Å²) >= 11 is 3.97. The normalized spacial score (nSPS) is 12.2. The van der Waals surface area contributed by atoms with Gasteiger partial charge in [-0.1, -0.05) is 103 Å². The second-order valence-electron chi connectivity index (χ2n) is 11.2. The predicted molar refractivity (Wildman–Crippen MR) is 166 cm³/mol. The molecule has 38 heavy (non-hydrogen) atoms. The van der Waals surface area contributed by atoms with E-state index in [9.17, 15) is 0 Å². The molecule has 0 aliphatic heterocycles. The molecule has 0 fully saturated rings. The predicted octanol–water partition coefficient (Wildman–Crippen LogP) is 11.3. The van der Waals surface area contributed by atoms with Crippen molar-refractivity contribution in [2.45, 2.75) is 26.2 Å². The molecule has 184 valence electrons. The van der Waals surface area contributed by atoms with E-state index in [2.05, 4.69) is 134 Å². The third-order valence-corrected chi connectivity index (χ3v) is 8.34. The molecule has 6 aromatic carbocycles. The van der Waals surface area contributed by atoms with E-state index in [1.807, 2.05) is 6.07 Å². The van der Waals surface area contributed by atoms with E-state index >= 15 is 0 Å². The standard InChI is InChI=1S/C36H27BrO/c1-36(2,3)28-12-13-30-27(19-28)20-31-29-10-5-4-7-24(29)21-32(37)35(31)34(30)26-9-6-8-22(18-26)23-11-14-33-25(17-23)15-16-38-33/h4-21H,1-3H3. The lowest BCUT2D eigenvalue weighted by atomic mass is 9.83. The monoisotopic (exact) mass is 554 g/mol. The summed E-state index contributed by atoms with van der Waals surface area (Å²) in [6.07, 6.45) is 1.75. The first-order valence-corrected chi connectivity index (χ1v) is 13.8. The van der Waals surface area contributed by atoms with Crippen LogP contribution in [0.2, 0.25) is 0 Å². The van der Waals surface area contributed by atoms with E-state index in [0.29, 0.717) is 0 Å². The molecule has 1 heterocycles. The van der Waals surface area contributed by atoms with Crippen molar-refractivity contribution < 1.29 is 4.42 Å². The summed E-state index contributed by atoms with van der Waals surface area (Å²) in [6, 6.07) is 37.7. The number of hydrogen-bond acceptors (Lipinski definition) is 1. The molecule has 0 atom stereocenters. The zero-order chi connectivity index (χ0) is 26.0. The summed E-state index contributed by atoms with van der Waals surface area (Å²) < 4.78 is 6.69. The van der Waals surface area contributed by atoms with Crippen molar-refractivity contribution in [3.63, 3.8) is 0 Å². The smallest absolute Gasteiger partial charge is 0.133 e. The molecule has 1 aromatic heterocycles. The molecule has 0 unspecified atom stereocenters. The third kappa shape index (κ3) is 3.75. The van der Waals surface area contributed by atoms with E-state index < -0.39 is 0 Å². The Labute approximate surface area is 230 Å². The average Bonchev–Trinajstić information content (AvgIpc) is 3.39. The second-order valence-corrected chi connectivity index (χ2v) is 12.0. The number of hydrogen-bond donors (Lipinski definition) is 0. The van der Waals surface area contributed by atoms with Gasteiger partial charge in [0.1, 0.15) is 5.58 Å². The van der Waals surface area contributed by atoms with Crippen molar-refractivity contribution in [2.75, 3.05) is 0 Å². The van der Waals surface area contributed by atoms with Crippen LogP contribution in [-0.4, -0.2) is 0 Å². The van der Waals surface area contributed by atoms with Crippen LogP contribution < -0.4 is 0 Å². The van der Waals surface area contributed by atoms with Gasteiger partial charge in [0, 0.05) is 15.2 Å². The summed E-state index contributed by atoms with van der Waals surface area (Å²) in [4.78, 5) is 0. The minimum atomic E-state index is 0.0777. The maximum atomic E-state index is 5.57. The van der Waals surface area contributed by atoms with Crippen molar-refractivity contribution in [3.8, 4) is 22.3 Å². The molecule has 0 saturated heterocycles. The molecule has 0 saturated carbocycles. The molecular weight excluding hydrogens is 528 g/mol. The summed E-state index contributed by atoms with van der Waals surface area (Å²) in [5, 5.41) is 8.70. The topological polar surface area (TPSA) is 13.1 Å². The van der Waals surface area contributed by atoms with E-state index in [4.69, 9.17) is 4.42 Å². The van der Waals surface area contributed by atoms with Crippen LogP contribution in [0, 0.1) is 0 Å². The lowest BCUT2D eigenvalue weighted by molar-refractivity contribution is 0.591. The highest BCUT2D eigenvalue weighted by atomic mass is 79.9. The van der Waals surface area contributed by atoms with E-state index in [1.165, 1.54) is 60.1 Å². The number of benzene rings is 6. The molecule has 0 radical (unpaired) electrons. The highest BCUT2D eigenvalue weighted by Gasteiger charge is 2.19. The summed E-state index contributed by atoms with van der Waals surface area (Å²) in [5.74, 6) is 0. The van der Waals surface area contributed by atoms with Crippen LogP contribution in [0.5, 0.6) is 0 Å². The van der Waals surface area contributed by atoms with Crippen LogP contribution in [0.3, 0.4) is 0 Å². The zero-order valence-corrected chi connectivity index (χ0v) is 23.3. The molecule has 1 nitrogen and oxygen atoms in total. The fraction of sp³-hybridized carbons (Fsp3) is 0.111. The van der Waals surface area contributed by atoms with Crippen molar-refractivity contribution >= 4 is 59.2 Å². The van der Waals surface area contributed by atoms with Gasteiger partial charge in [0.05, 0.1) is 6.26 Å². The molecule has 0 N–H and O–H groups in total. The van der Waals surface area contributed by atoms with Crippen LogP contribution in [0.1, 0.15) is 26.3 Å². The average molecular weight is 556 g/mol. The van der Waals surface area contributed by atoms with Gasteiger partial charge in [-0.25, -0.2) is 0 Å². The third-order valence-electron chi connectivity index (χ3n) is 7.72. The molecule has 0 spiro atoms. The number of halogens is 1. The zero-order valence-electron chi connectivity index (χ0n) is 21.7. The number of rotatable bonds is 2. The quantitative estimate of drug-likeness (QED) is 0.153. The van der Waals surface area contributed by atoms with Crippen molar-refractivity contribution in [1.82, 2.24) is 0 Å². The SMILES string of the molecule is CC(C)(C)c1ccc2c(-c3cccc(-c4ccc5occc5c4)c3)c3c(Br)cc4ccccc4c3cc2c1. The molecule has 0 aliphatic rings. The van der Waals surface area contributed by atoms with Gasteiger partial charge in [-0.2, -0.15) is 0 Å². The highest BCUT2D eigenvalue weighted by molar-refractivity contribution is 9.10. The molecule has 0 bridgehead atoms. The number of fused-ring (bicyclic) bond motifs is 5. The van der Waals surface area contributed by atoms with Gasteiger partial charge >= 0.3 is 0 Å². The second kappa shape index (κ2) is 8.58. The Morgan fingerprint density at radius 2 is 1.39 bits per heavy atom. The maximum Gasteiger partial charge on any atom is 0.133 e. The molecule has 0 aliphatic carbocycles. The Hall–Kier alpha value is -3.88. The minimum Gasteiger partial charge on any atom is -0.464 e. The first-order chi connectivity index (χ1) is 18.4. The summed E-state index contributed by atoms with van der Waals surface area (Å²) in [7, 11) is 0. The fourth-order valence-electron chi connectivity index (χ4n) is 5.71. The van der Waals surface area contributed by atoms with Gasteiger partial charge in [0.25, 0.3) is 0 Å². The van der Waals surface area contributed by atoms with Crippen LogP contribution in [0.15, 0.2) is 118 Å². The summed E-state index contributed by atoms with van der Waals surface area (Å²) in [6.45, 7) is 6.84. The first-order valence-electron chi connectivity index (χ1n) is 13.0. The van der Waals surface area contributed by atoms with E-state index in [0.717, 1.165) is 15.4 Å². The van der Waals surface area contributed by atoms with Crippen LogP contribution in [0.25, 0.3) is 65.5 Å². The molecule has 0 amide bonds.